The topological polar surface area (TPSA) is 57.3 Å². The number of aromatic nitrogens is 2. The van der Waals surface area contributed by atoms with Crippen LogP contribution in [-0.4, -0.2) is 15.7 Å². The SMILES string of the molecule is Cc1cc(COC(=O)c2ccc(-n3cccc3)cc2)no1. The number of esters is 1. The molecule has 3 aromatic rings. The predicted octanol–water partition coefficient (Wildman–Crippen LogP) is 3.13. The largest absolute Gasteiger partial charge is 0.455 e. The number of carbonyl (C=O) groups is 1. The minimum Gasteiger partial charge on any atom is -0.455 e. The second kappa shape index (κ2) is 5.66. The molecule has 0 saturated carbocycles. The van der Waals surface area contributed by atoms with E-state index in [1.54, 1.807) is 25.1 Å². The van der Waals surface area contributed by atoms with E-state index in [9.17, 15) is 4.79 Å². The van der Waals surface area contributed by atoms with Crippen molar-refractivity contribution in [2.24, 2.45) is 0 Å². The highest BCUT2D eigenvalue weighted by Gasteiger charge is 2.09. The minimum atomic E-state index is -0.380. The first-order chi connectivity index (χ1) is 10.2. The molecule has 2 aromatic heterocycles. The van der Waals surface area contributed by atoms with Gasteiger partial charge in [0.05, 0.1) is 5.56 Å². The summed E-state index contributed by atoms with van der Waals surface area (Å²) in [4.78, 5) is 11.9. The van der Waals surface area contributed by atoms with Gasteiger partial charge in [0.2, 0.25) is 0 Å². The molecule has 0 saturated heterocycles. The Kier molecular flexibility index (Phi) is 3.55. The fourth-order valence-electron chi connectivity index (χ4n) is 1.99. The molecule has 3 rings (SSSR count). The summed E-state index contributed by atoms with van der Waals surface area (Å²) in [5.41, 5.74) is 2.10. The Hall–Kier alpha value is -2.82. The number of hydrogen-bond acceptors (Lipinski definition) is 4. The van der Waals surface area contributed by atoms with Gasteiger partial charge in [0.1, 0.15) is 18.1 Å². The second-order valence-electron chi connectivity index (χ2n) is 4.64. The van der Waals surface area contributed by atoms with Gasteiger partial charge >= 0.3 is 5.97 Å². The quantitative estimate of drug-likeness (QED) is 0.690. The lowest BCUT2D eigenvalue weighted by atomic mass is 10.2. The van der Waals surface area contributed by atoms with Gasteiger partial charge in [-0.3, -0.25) is 0 Å². The van der Waals surface area contributed by atoms with Crippen molar-refractivity contribution in [3.8, 4) is 5.69 Å². The number of ether oxygens (including phenoxy) is 1. The first-order valence-electron chi connectivity index (χ1n) is 6.55. The van der Waals surface area contributed by atoms with Crippen LogP contribution in [-0.2, 0) is 11.3 Å². The van der Waals surface area contributed by atoms with E-state index in [4.69, 9.17) is 9.26 Å². The summed E-state index contributed by atoms with van der Waals surface area (Å²) in [6.07, 6.45) is 3.89. The van der Waals surface area contributed by atoms with E-state index in [2.05, 4.69) is 5.16 Å². The van der Waals surface area contributed by atoms with E-state index in [1.807, 2.05) is 41.2 Å². The molecule has 2 heterocycles. The van der Waals surface area contributed by atoms with Gasteiger partial charge in [0.15, 0.2) is 0 Å². The first kappa shape index (κ1) is 13.2. The Labute approximate surface area is 121 Å². The van der Waals surface area contributed by atoms with Gasteiger partial charge in [-0.1, -0.05) is 5.16 Å². The number of aryl methyl sites for hydroxylation is 1. The smallest absolute Gasteiger partial charge is 0.338 e. The van der Waals surface area contributed by atoms with Crippen LogP contribution in [0.1, 0.15) is 21.8 Å². The number of benzene rings is 1. The third kappa shape index (κ3) is 3.02. The summed E-state index contributed by atoms with van der Waals surface area (Å²) in [5, 5.41) is 3.77. The Bertz CT molecular complexity index is 727. The molecule has 0 fully saturated rings. The third-order valence-corrected chi connectivity index (χ3v) is 3.03. The van der Waals surface area contributed by atoms with E-state index < -0.39 is 0 Å². The number of nitrogens with zero attached hydrogens (tertiary/aromatic N) is 2. The summed E-state index contributed by atoms with van der Waals surface area (Å²) < 4.78 is 12.1. The zero-order chi connectivity index (χ0) is 14.7. The lowest BCUT2D eigenvalue weighted by Crippen LogP contribution is -2.05. The zero-order valence-electron chi connectivity index (χ0n) is 11.5. The molecule has 0 atom stereocenters. The maximum absolute atomic E-state index is 11.9. The van der Waals surface area contributed by atoms with Crippen LogP contribution >= 0.6 is 0 Å². The number of carbonyl (C=O) groups excluding carboxylic acids is 1. The first-order valence-corrected chi connectivity index (χ1v) is 6.55. The highest BCUT2D eigenvalue weighted by molar-refractivity contribution is 5.89. The number of rotatable bonds is 4. The highest BCUT2D eigenvalue weighted by atomic mass is 16.5. The molecule has 0 unspecified atom stereocenters. The van der Waals surface area contributed by atoms with E-state index in [1.165, 1.54) is 0 Å². The van der Waals surface area contributed by atoms with E-state index >= 15 is 0 Å². The van der Waals surface area contributed by atoms with Crippen LogP contribution in [0.4, 0.5) is 0 Å². The second-order valence-corrected chi connectivity index (χ2v) is 4.64. The summed E-state index contributed by atoms with van der Waals surface area (Å²) in [6, 6.07) is 12.9. The minimum absolute atomic E-state index is 0.107. The van der Waals surface area contributed by atoms with E-state index in [0.29, 0.717) is 17.0 Å². The summed E-state index contributed by atoms with van der Waals surface area (Å²) in [5.74, 6) is 0.312. The van der Waals surface area contributed by atoms with Gasteiger partial charge in [0, 0.05) is 24.1 Å². The van der Waals surface area contributed by atoms with Crippen LogP contribution in [0.5, 0.6) is 0 Å². The molecule has 5 heteroatoms. The van der Waals surface area contributed by atoms with Gasteiger partial charge in [-0.15, -0.1) is 0 Å². The average Bonchev–Trinajstić information content (AvgIpc) is 3.16. The van der Waals surface area contributed by atoms with Gasteiger partial charge in [0.25, 0.3) is 0 Å². The van der Waals surface area contributed by atoms with Gasteiger partial charge < -0.3 is 13.8 Å². The molecular weight excluding hydrogens is 268 g/mol. The van der Waals surface area contributed by atoms with Crippen molar-refractivity contribution >= 4 is 5.97 Å². The summed E-state index contributed by atoms with van der Waals surface area (Å²) in [6.45, 7) is 1.90. The fourth-order valence-corrected chi connectivity index (χ4v) is 1.99. The van der Waals surface area contributed by atoms with Crippen molar-refractivity contribution in [2.45, 2.75) is 13.5 Å². The molecular formula is C16H14N2O3. The molecule has 0 radical (unpaired) electrons. The van der Waals surface area contributed by atoms with Crippen LogP contribution < -0.4 is 0 Å². The van der Waals surface area contributed by atoms with Gasteiger partial charge in [-0.05, 0) is 43.3 Å². The molecule has 0 aliphatic heterocycles. The molecule has 0 bridgehead atoms. The molecule has 0 aliphatic rings. The maximum Gasteiger partial charge on any atom is 0.338 e. The lowest BCUT2D eigenvalue weighted by Gasteiger charge is -2.05. The van der Waals surface area contributed by atoms with Crippen LogP contribution in [0.3, 0.4) is 0 Å². The lowest BCUT2D eigenvalue weighted by molar-refractivity contribution is 0.0464. The Morgan fingerprint density at radius 1 is 1.24 bits per heavy atom. The molecule has 0 spiro atoms. The van der Waals surface area contributed by atoms with Crippen LogP contribution in [0.25, 0.3) is 5.69 Å². The van der Waals surface area contributed by atoms with Gasteiger partial charge in [-0.25, -0.2) is 4.79 Å². The molecule has 5 nitrogen and oxygen atoms in total. The van der Waals surface area contributed by atoms with Crippen LogP contribution in [0.15, 0.2) is 59.4 Å². The zero-order valence-corrected chi connectivity index (χ0v) is 11.5. The summed E-state index contributed by atoms with van der Waals surface area (Å²) >= 11 is 0. The maximum atomic E-state index is 11.9. The van der Waals surface area contributed by atoms with E-state index in [0.717, 1.165) is 5.69 Å². The van der Waals surface area contributed by atoms with Crippen LogP contribution in [0.2, 0.25) is 0 Å². The van der Waals surface area contributed by atoms with Crippen LogP contribution in [0, 0.1) is 6.92 Å². The average molecular weight is 282 g/mol. The Balaban J connectivity index is 1.65. The van der Waals surface area contributed by atoms with E-state index in [-0.39, 0.29) is 12.6 Å². The van der Waals surface area contributed by atoms with Crippen molar-refractivity contribution in [1.82, 2.24) is 9.72 Å². The molecule has 1 aromatic carbocycles. The molecule has 21 heavy (non-hydrogen) atoms. The normalized spacial score (nSPS) is 10.5. The Morgan fingerprint density at radius 2 is 1.95 bits per heavy atom. The summed E-state index contributed by atoms with van der Waals surface area (Å²) in [7, 11) is 0. The monoisotopic (exact) mass is 282 g/mol. The third-order valence-electron chi connectivity index (χ3n) is 3.03. The Morgan fingerprint density at radius 3 is 2.57 bits per heavy atom. The molecule has 0 N–H and O–H groups in total. The molecule has 106 valence electrons. The predicted molar refractivity (Wildman–Crippen MR) is 76.1 cm³/mol. The van der Waals surface area contributed by atoms with Crippen molar-refractivity contribution in [3.05, 3.63) is 71.9 Å². The van der Waals surface area contributed by atoms with Crippen molar-refractivity contribution < 1.29 is 14.1 Å². The molecule has 0 aliphatic carbocycles. The fraction of sp³-hybridized carbons (Fsp3) is 0.125. The van der Waals surface area contributed by atoms with Gasteiger partial charge in [-0.2, -0.15) is 0 Å². The highest BCUT2D eigenvalue weighted by Crippen LogP contribution is 2.12. The number of hydrogen-bond donors (Lipinski definition) is 0. The molecule has 0 amide bonds. The van der Waals surface area contributed by atoms with Crippen molar-refractivity contribution in [2.75, 3.05) is 0 Å². The van der Waals surface area contributed by atoms with Crippen molar-refractivity contribution in [3.63, 3.8) is 0 Å². The van der Waals surface area contributed by atoms with Crippen molar-refractivity contribution in [1.29, 1.82) is 0 Å². The standard InChI is InChI=1S/C16H14N2O3/c1-12-10-14(17-21-12)11-20-16(19)13-4-6-15(7-5-13)18-8-2-3-9-18/h2-10H,11H2,1H3.